The molecule has 0 saturated heterocycles. The predicted octanol–water partition coefficient (Wildman–Crippen LogP) is 4.75. The van der Waals surface area contributed by atoms with Crippen molar-refractivity contribution in [2.45, 2.75) is 65.8 Å². The molecule has 0 radical (unpaired) electrons. The molecule has 2 atom stereocenters. The Morgan fingerprint density at radius 2 is 1.57 bits per heavy atom. The van der Waals surface area contributed by atoms with E-state index in [0.717, 1.165) is 25.7 Å². The van der Waals surface area contributed by atoms with Crippen LogP contribution in [0.1, 0.15) is 59.8 Å². The molecule has 0 aromatic heterocycles. The van der Waals surface area contributed by atoms with Crippen molar-refractivity contribution in [3.8, 4) is 0 Å². The summed E-state index contributed by atoms with van der Waals surface area (Å²) in [7, 11) is 0. The lowest BCUT2D eigenvalue weighted by Crippen LogP contribution is -2.38. The standard InChI is InChI=1S/C19H33NO2S/c1-14(2)7-5-8-15(3)9-6-10-16(4)11-12-17(13-23)18(20)19(21)22/h7,9,11,17-18,23H,5-6,8,10,12-13,20H2,1-4H3,(H,21,22)/t17?,18-/m1/s1. The third-order valence-electron chi connectivity index (χ3n) is 3.92. The van der Waals surface area contributed by atoms with E-state index in [1.54, 1.807) is 0 Å². The van der Waals surface area contributed by atoms with Crippen LogP contribution in [0.5, 0.6) is 0 Å². The molecule has 0 aliphatic heterocycles. The van der Waals surface area contributed by atoms with Gasteiger partial charge in [-0.15, -0.1) is 0 Å². The minimum atomic E-state index is -0.954. The molecule has 0 fully saturated rings. The lowest BCUT2D eigenvalue weighted by atomic mass is 9.96. The first-order chi connectivity index (χ1) is 10.8. The normalized spacial score (nSPS) is 15.2. The maximum atomic E-state index is 10.9. The van der Waals surface area contributed by atoms with E-state index in [0.29, 0.717) is 12.2 Å². The fraction of sp³-hybridized carbons (Fsp3) is 0.632. The van der Waals surface area contributed by atoms with E-state index in [1.165, 1.54) is 16.7 Å². The van der Waals surface area contributed by atoms with Gasteiger partial charge in [-0.3, -0.25) is 4.79 Å². The van der Waals surface area contributed by atoms with E-state index in [2.05, 4.69) is 58.6 Å². The molecular formula is C19H33NO2S. The Bertz CT molecular complexity index is 448. The van der Waals surface area contributed by atoms with Crippen LogP contribution in [0.4, 0.5) is 0 Å². The van der Waals surface area contributed by atoms with Crippen LogP contribution < -0.4 is 5.73 Å². The van der Waals surface area contributed by atoms with Crippen molar-refractivity contribution in [2.24, 2.45) is 11.7 Å². The number of hydrogen-bond donors (Lipinski definition) is 3. The number of allylic oxidation sites excluding steroid dienone is 6. The number of carbonyl (C=O) groups is 1. The molecule has 0 aliphatic carbocycles. The van der Waals surface area contributed by atoms with Crippen molar-refractivity contribution < 1.29 is 9.90 Å². The summed E-state index contributed by atoms with van der Waals surface area (Å²) in [6.45, 7) is 8.53. The Balaban J connectivity index is 4.24. The maximum absolute atomic E-state index is 10.9. The van der Waals surface area contributed by atoms with E-state index in [4.69, 9.17) is 10.8 Å². The van der Waals surface area contributed by atoms with E-state index in [-0.39, 0.29) is 5.92 Å². The number of thiol groups is 1. The van der Waals surface area contributed by atoms with Gasteiger partial charge >= 0.3 is 5.97 Å². The minimum Gasteiger partial charge on any atom is -0.480 e. The zero-order chi connectivity index (χ0) is 17.8. The molecule has 3 N–H and O–H groups in total. The molecular weight excluding hydrogens is 306 g/mol. The smallest absolute Gasteiger partial charge is 0.320 e. The summed E-state index contributed by atoms with van der Waals surface area (Å²) in [5, 5.41) is 8.96. The van der Waals surface area contributed by atoms with Gasteiger partial charge in [-0.05, 0) is 71.5 Å². The summed E-state index contributed by atoms with van der Waals surface area (Å²) < 4.78 is 0. The molecule has 4 heteroatoms. The van der Waals surface area contributed by atoms with Gasteiger partial charge in [0.2, 0.25) is 0 Å². The molecule has 0 heterocycles. The molecule has 132 valence electrons. The van der Waals surface area contributed by atoms with Gasteiger partial charge in [0.05, 0.1) is 0 Å². The third-order valence-corrected chi connectivity index (χ3v) is 4.39. The lowest BCUT2D eigenvalue weighted by molar-refractivity contribution is -0.139. The van der Waals surface area contributed by atoms with E-state index >= 15 is 0 Å². The summed E-state index contributed by atoms with van der Waals surface area (Å²) in [6.07, 6.45) is 11.6. The Morgan fingerprint density at radius 3 is 2.04 bits per heavy atom. The predicted molar refractivity (Wildman–Crippen MR) is 103 cm³/mol. The first-order valence-corrected chi connectivity index (χ1v) is 8.95. The van der Waals surface area contributed by atoms with Crippen molar-refractivity contribution in [3.05, 3.63) is 34.9 Å². The highest BCUT2D eigenvalue weighted by Crippen LogP contribution is 2.16. The molecule has 3 nitrogen and oxygen atoms in total. The fourth-order valence-electron chi connectivity index (χ4n) is 2.23. The van der Waals surface area contributed by atoms with Gasteiger partial charge in [0.15, 0.2) is 0 Å². The van der Waals surface area contributed by atoms with Crippen LogP contribution in [0, 0.1) is 5.92 Å². The summed E-state index contributed by atoms with van der Waals surface area (Å²) in [4.78, 5) is 10.9. The summed E-state index contributed by atoms with van der Waals surface area (Å²) in [5.41, 5.74) is 9.75. The first kappa shape index (κ1) is 22.0. The zero-order valence-corrected chi connectivity index (χ0v) is 15.9. The second kappa shape index (κ2) is 12.4. The minimum absolute atomic E-state index is 0.118. The van der Waals surface area contributed by atoms with E-state index < -0.39 is 12.0 Å². The second-order valence-electron chi connectivity index (χ2n) is 6.50. The Labute approximate surface area is 147 Å². The maximum Gasteiger partial charge on any atom is 0.320 e. The van der Waals surface area contributed by atoms with Gasteiger partial charge < -0.3 is 10.8 Å². The quantitative estimate of drug-likeness (QED) is 0.376. The average molecular weight is 340 g/mol. The highest BCUT2D eigenvalue weighted by Gasteiger charge is 2.21. The fourth-order valence-corrected chi connectivity index (χ4v) is 2.60. The molecule has 0 rings (SSSR count). The van der Waals surface area contributed by atoms with Crippen molar-refractivity contribution in [3.63, 3.8) is 0 Å². The highest BCUT2D eigenvalue weighted by atomic mass is 32.1. The molecule has 0 bridgehead atoms. The van der Waals surface area contributed by atoms with Crippen LogP contribution >= 0.6 is 12.6 Å². The first-order valence-electron chi connectivity index (χ1n) is 8.31. The second-order valence-corrected chi connectivity index (χ2v) is 6.87. The van der Waals surface area contributed by atoms with Crippen LogP contribution in [0.25, 0.3) is 0 Å². The largest absolute Gasteiger partial charge is 0.480 e. The van der Waals surface area contributed by atoms with Gasteiger partial charge in [-0.25, -0.2) is 0 Å². The Hall–Kier alpha value is -1.00. The monoisotopic (exact) mass is 339 g/mol. The molecule has 0 saturated carbocycles. The van der Waals surface area contributed by atoms with Crippen LogP contribution in [-0.2, 0) is 4.79 Å². The number of carboxylic acid groups (broad SMARTS) is 1. The van der Waals surface area contributed by atoms with E-state index in [1.807, 2.05) is 0 Å². The summed E-state index contributed by atoms with van der Waals surface area (Å²) in [5.74, 6) is -0.585. The van der Waals surface area contributed by atoms with Crippen molar-refractivity contribution >= 4 is 18.6 Å². The number of nitrogens with two attached hydrogens (primary N) is 1. The number of carboxylic acids is 1. The van der Waals surface area contributed by atoms with Gasteiger partial charge in [-0.2, -0.15) is 12.6 Å². The third kappa shape index (κ3) is 11.2. The van der Waals surface area contributed by atoms with Gasteiger partial charge in [0.1, 0.15) is 6.04 Å². The molecule has 0 aliphatic rings. The lowest BCUT2D eigenvalue weighted by Gasteiger charge is -2.17. The average Bonchev–Trinajstić information content (AvgIpc) is 2.47. The summed E-state index contributed by atoms with van der Waals surface area (Å²) in [6, 6.07) is -0.839. The Morgan fingerprint density at radius 1 is 1.04 bits per heavy atom. The van der Waals surface area contributed by atoms with E-state index in [9.17, 15) is 4.79 Å². The van der Waals surface area contributed by atoms with Crippen molar-refractivity contribution in [2.75, 3.05) is 5.75 Å². The van der Waals surface area contributed by atoms with Crippen molar-refractivity contribution in [1.29, 1.82) is 0 Å². The molecule has 0 amide bonds. The topological polar surface area (TPSA) is 63.3 Å². The molecule has 0 aromatic rings. The van der Waals surface area contributed by atoms with Gasteiger partial charge in [0, 0.05) is 0 Å². The SMILES string of the molecule is CC(C)=CCCC(C)=CCCC(C)=CCC(CS)[C@@H](N)C(=O)O. The highest BCUT2D eigenvalue weighted by molar-refractivity contribution is 7.80. The van der Waals surface area contributed by atoms with Crippen LogP contribution in [0.15, 0.2) is 34.9 Å². The zero-order valence-electron chi connectivity index (χ0n) is 15.0. The summed E-state index contributed by atoms with van der Waals surface area (Å²) >= 11 is 4.21. The van der Waals surface area contributed by atoms with Crippen LogP contribution in [0.3, 0.4) is 0 Å². The van der Waals surface area contributed by atoms with Gasteiger partial charge in [-0.1, -0.05) is 34.9 Å². The van der Waals surface area contributed by atoms with Gasteiger partial charge in [0.25, 0.3) is 0 Å². The Kier molecular flexibility index (Phi) is 11.9. The molecule has 23 heavy (non-hydrogen) atoms. The molecule has 1 unspecified atom stereocenters. The number of rotatable bonds is 11. The molecule has 0 spiro atoms. The molecule has 0 aromatic carbocycles. The van der Waals surface area contributed by atoms with Crippen LogP contribution in [-0.4, -0.2) is 22.9 Å². The van der Waals surface area contributed by atoms with Crippen LogP contribution in [0.2, 0.25) is 0 Å². The number of hydrogen-bond acceptors (Lipinski definition) is 3. The number of aliphatic carboxylic acids is 1. The van der Waals surface area contributed by atoms with Crippen molar-refractivity contribution in [1.82, 2.24) is 0 Å².